The van der Waals surface area contributed by atoms with Crippen molar-refractivity contribution >= 4 is 17.6 Å². The molecule has 0 unspecified atom stereocenters. The van der Waals surface area contributed by atoms with Crippen LogP contribution in [0.2, 0.25) is 0 Å². The van der Waals surface area contributed by atoms with Gasteiger partial charge in [0.05, 0.1) is 17.1 Å². The van der Waals surface area contributed by atoms with Gasteiger partial charge in [-0.05, 0) is 30.7 Å². The third-order valence-electron chi connectivity index (χ3n) is 3.94. The molecule has 0 heterocycles. The molecule has 0 fully saturated rings. The molecule has 0 saturated heterocycles. The minimum Gasteiger partial charge on any atom is -0.490 e. The standard InChI is InChI=1S/C21H22N2O6/c1-4-10-29-19-8-6-15(7-9-19)14-22(3)20(24)16-11-17(21(25)28-5-2)13-18(12-16)23(26)27/h4,6-9,11-13H,1,5,10,14H2,2-3H3. The first-order valence-corrected chi connectivity index (χ1v) is 8.90. The Morgan fingerprint density at radius 3 is 2.41 bits per heavy atom. The summed E-state index contributed by atoms with van der Waals surface area (Å²) in [5.41, 5.74) is 0.496. The Hall–Kier alpha value is -3.68. The summed E-state index contributed by atoms with van der Waals surface area (Å²) in [6, 6.07) is 10.7. The molecule has 0 N–H and O–H groups in total. The quantitative estimate of drug-likeness (QED) is 0.277. The van der Waals surface area contributed by atoms with Crippen LogP contribution in [0.25, 0.3) is 0 Å². The van der Waals surface area contributed by atoms with Crippen LogP contribution in [0.15, 0.2) is 55.1 Å². The minimum absolute atomic E-state index is 0.0377. The second-order valence-electron chi connectivity index (χ2n) is 6.15. The van der Waals surface area contributed by atoms with Crippen molar-refractivity contribution in [2.75, 3.05) is 20.3 Å². The van der Waals surface area contributed by atoms with Crippen molar-refractivity contribution in [1.29, 1.82) is 0 Å². The summed E-state index contributed by atoms with van der Waals surface area (Å²) in [6.07, 6.45) is 1.64. The van der Waals surface area contributed by atoms with Gasteiger partial charge in [-0.2, -0.15) is 0 Å². The number of ether oxygens (including phenoxy) is 2. The van der Waals surface area contributed by atoms with E-state index in [4.69, 9.17) is 9.47 Å². The van der Waals surface area contributed by atoms with Crippen molar-refractivity contribution in [2.24, 2.45) is 0 Å². The summed E-state index contributed by atoms with van der Waals surface area (Å²) in [5.74, 6) is -0.491. The molecule has 8 heteroatoms. The van der Waals surface area contributed by atoms with Gasteiger partial charge in [0.15, 0.2) is 0 Å². The fraction of sp³-hybridized carbons (Fsp3) is 0.238. The molecule has 0 aliphatic rings. The fourth-order valence-corrected chi connectivity index (χ4v) is 2.58. The van der Waals surface area contributed by atoms with E-state index >= 15 is 0 Å². The SMILES string of the molecule is C=CCOc1ccc(CN(C)C(=O)c2cc(C(=O)OCC)cc([N+](=O)[O-])c2)cc1. The predicted octanol–water partition coefficient (Wildman–Crippen LogP) is 3.61. The van der Waals surface area contributed by atoms with Crippen LogP contribution in [-0.4, -0.2) is 42.0 Å². The summed E-state index contributed by atoms with van der Waals surface area (Å²) in [4.78, 5) is 36.7. The lowest BCUT2D eigenvalue weighted by Crippen LogP contribution is -2.26. The van der Waals surface area contributed by atoms with Gasteiger partial charge in [-0.15, -0.1) is 0 Å². The largest absolute Gasteiger partial charge is 0.490 e. The molecule has 1 amide bonds. The number of amides is 1. The number of rotatable bonds is 9. The Kier molecular flexibility index (Phi) is 7.47. The summed E-state index contributed by atoms with van der Waals surface area (Å²) in [5, 5.41) is 11.2. The average Bonchev–Trinajstić information content (AvgIpc) is 2.72. The smallest absolute Gasteiger partial charge is 0.338 e. The van der Waals surface area contributed by atoms with Crippen molar-refractivity contribution in [1.82, 2.24) is 4.90 Å². The van der Waals surface area contributed by atoms with Crippen LogP contribution in [0.3, 0.4) is 0 Å². The number of non-ortho nitro benzene ring substituents is 1. The summed E-state index contributed by atoms with van der Waals surface area (Å²) in [6.45, 7) is 6.01. The van der Waals surface area contributed by atoms with Crippen LogP contribution in [0.1, 0.15) is 33.2 Å². The third-order valence-corrected chi connectivity index (χ3v) is 3.94. The molecule has 0 bridgehead atoms. The lowest BCUT2D eigenvalue weighted by Gasteiger charge is -2.18. The first kappa shape index (κ1) is 21.6. The highest BCUT2D eigenvalue weighted by Gasteiger charge is 2.20. The summed E-state index contributed by atoms with van der Waals surface area (Å²) < 4.78 is 10.3. The molecule has 2 rings (SSSR count). The van der Waals surface area contributed by atoms with E-state index in [9.17, 15) is 19.7 Å². The Bertz CT molecular complexity index is 908. The Labute approximate surface area is 168 Å². The number of hydrogen-bond acceptors (Lipinski definition) is 6. The van der Waals surface area contributed by atoms with Crippen molar-refractivity contribution in [3.05, 3.63) is 81.9 Å². The number of nitro groups is 1. The van der Waals surface area contributed by atoms with Gasteiger partial charge in [0, 0.05) is 31.3 Å². The zero-order valence-electron chi connectivity index (χ0n) is 16.3. The predicted molar refractivity (Wildman–Crippen MR) is 107 cm³/mol. The van der Waals surface area contributed by atoms with Crippen LogP contribution in [0.5, 0.6) is 5.75 Å². The van der Waals surface area contributed by atoms with Crippen LogP contribution < -0.4 is 4.74 Å². The zero-order chi connectivity index (χ0) is 21.4. The van der Waals surface area contributed by atoms with Gasteiger partial charge in [-0.1, -0.05) is 24.8 Å². The van der Waals surface area contributed by atoms with E-state index in [0.717, 1.165) is 17.7 Å². The van der Waals surface area contributed by atoms with Gasteiger partial charge in [0.2, 0.25) is 0 Å². The lowest BCUT2D eigenvalue weighted by atomic mass is 10.1. The minimum atomic E-state index is -0.719. The molecule has 8 nitrogen and oxygen atoms in total. The number of benzene rings is 2. The highest BCUT2D eigenvalue weighted by atomic mass is 16.6. The highest BCUT2D eigenvalue weighted by molar-refractivity contribution is 5.98. The van der Waals surface area contributed by atoms with E-state index in [1.807, 2.05) is 12.1 Å². The molecular weight excluding hydrogens is 376 g/mol. The molecule has 0 aliphatic heterocycles. The number of esters is 1. The topological polar surface area (TPSA) is 99.0 Å². The maximum Gasteiger partial charge on any atom is 0.338 e. The van der Waals surface area contributed by atoms with E-state index in [2.05, 4.69) is 6.58 Å². The van der Waals surface area contributed by atoms with E-state index in [0.29, 0.717) is 12.4 Å². The van der Waals surface area contributed by atoms with Crippen LogP contribution >= 0.6 is 0 Å². The second-order valence-corrected chi connectivity index (χ2v) is 6.15. The van der Waals surface area contributed by atoms with E-state index in [-0.39, 0.29) is 30.0 Å². The zero-order valence-corrected chi connectivity index (χ0v) is 16.3. The molecule has 0 radical (unpaired) electrons. The summed E-state index contributed by atoms with van der Waals surface area (Å²) >= 11 is 0. The first-order chi connectivity index (χ1) is 13.8. The van der Waals surface area contributed by atoms with Crippen molar-refractivity contribution < 1.29 is 24.0 Å². The van der Waals surface area contributed by atoms with Gasteiger partial charge < -0.3 is 14.4 Å². The summed E-state index contributed by atoms with van der Waals surface area (Å²) in [7, 11) is 1.58. The normalized spacial score (nSPS) is 10.1. The first-order valence-electron chi connectivity index (χ1n) is 8.90. The number of carbonyl (C=O) groups is 2. The van der Waals surface area contributed by atoms with Crippen LogP contribution in [0, 0.1) is 10.1 Å². The van der Waals surface area contributed by atoms with Crippen molar-refractivity contribution in [3.8, 4) is 5.75 Å². The van der Waals surface area contributed by atoms with Gasteiger partial charge in [0.25, 0.3) is 11.6 Å². The van der Waals surface area contributed by atoms with Gasteiger partial charge >= 0.3 is 5.97 Å². The van der Waals surface area contributed by atoms with E-state index in [1.165, 1.54) is 11.0 Å². The fourth-order valence-electron chi connectivity index (χ4n) is 2.58. The number of carbonyl (C=O) groups excluding carboxylic acids is 2. The van der Waals surface area contributed by atoms with Gasteiger partial charge in [-0.3, -0.25) is 14.9 Å². The average molecular weight is 398 g/mol. The Balaban J connectivity index is 2.20. The van der Waals surface area contributed by atoms with Crippen molar-refractivity contribution in [3.63, 3.8) is 0 Å². The Morgan fingerprint density at radius 2 is 1.83 bits per heavy atom. The number of nitro benzene ring substituents is 1. The molecule has 0 atom stereocenters. The molecule has 152 valence electrons. The number of nitrogens with zero attached hydrogens (tertiary/aromatic N) is 2. The third kappa shape index (κ3) is 5.90. The van der Waals surface area contributed by atoms with Crippen LogP contribution in [0.4, 0.5) is 5.69 Å². The van der Waals surface area contributed by atoms with Gasteiger partial charge in [0.1, 0.15) is 12.4 Å². The molecule has 2 aromatic carbocycles. The Morgan fingerprint density at radius 1 is 1.17 bits per heavy atom. The molecule has 0 aromatic heterocycles. The van der Waals surface area contributed by atoms with Gasteiger partial charge in [-0.25, -0.2) is 4.79 Å². The highest BCUT2D eigenvalue weighted by Crippen LogP contribution is 2.20. The lowest BCUT2D eigenvalue weighted by molar-refractivity contribution is -0.384. The molecule has 0 saturated carbocycles. The maximum absolute atomic E-state index is 12.8. The molecule has 0 spiro atoms. The van der Waals surface area contributed by atoms with E-state index < -0.39 is 16.8 Å². The van der Waals surface area contributed by atoms with Crippen LogP contribution in [-0.2, 0) is 11.3 Å². The molecule has 2 aromatic rings. The molecule has 29 heavy (non-hydrogen) atoms. The molecule has 0 aliphatic carbocycles. The van der Waals surface area contributed by atoms with E-state index in [1.54, 1.807) is 32.2 Å². The number of hydrogen-bond donors (Lipinski definition) is 0. The monoisotopic (exact) mass is 398 g/mol. The maximum atomic E-state index is 12.8. The second kappa shape index (κ2) is 10.0. The molecular formula is C21H22N2O6. The van der Waals surface area contributed by atoms with Crippen molar-refractivity contribution in [2.45, 2.75) is 13.5 Å².